The van der Waals surface area contributed by atoms with Gasteiger partial charge < -0.3 is 24.5 Å². The number of nitrogens with one attached hydrogen (secondary N) is 1. The summed E-state index contributed by atoms with van der Waals surface area (Å²) in [5.41, 5.74) is 2.74. The van der Waals surface area contributed by atoms with Crippen LogP contribution in [0.5, 0.6) is 11.5 Å². The van der Waals surface area contributed by atoms with Gasteiger partial charge in [0.15, 0.2) is 5.75 Å². The highest BCUT2D eigenvalue weighted by Crippen LogP contribution is 2.35. The number of β-amino-alcohol motifs (C(OH)–C–C–N with tert-alkyl or cyclic N) is 1. The molecule has 4 heterocycles. The van der Waals surface area contributed by atoms with Crippen molar-refractivity contribution in [2.75, 3.05) is 20.1 Å². The van der Waals surface area contributed by atoms with Gasteiger partial charge in [-0.2, -0.15) is 5.10 Å². The van der Waals surface area contributed by atoms with E-state index >= 15 is 0 Å². The Morgan fingerprint density at radius 1 is 1.27 bits per heavy atom. The molecule has 9 heteroatoms. The number of carbonyl (C=O) groups is 2. The summed E-state index contributed by atoms with van der Waals surface area (Å²) in [5.74, 6) is 1.17. The first-order valence-electron chi connectivity index (χ1n) is 13.0. The zero-order valence-electron chi connectivity index (χ0n) is 22.9. The monoisotopic (exact) mass is 540 g/mol. The molecule has 4 aromatic rings. The van der Waals surface area contributed by atoms with Crippen LogP contribution in [0.1, 0.15) is 44.9 Å². The van der Waals surface area contributed by atoms with Gasteiger partial charge in [-0.25, -0.2) is 4.52 Å². The average Bonchev–Trinajstić information content (AvgIpc) is 3.60. The standard InChI is InChI=1S/C31H32N4O5/c1-6-8-21(7-2)16-31(38)12-14-34(18-31)30(37)24-17-35-28(19(24)3)25(11-13-33-35)40-22-9-10-23-26(15-22)39-20(4)27(23)29(36)32-5/h6-11,13,15,17,38H,1-2,12,14,16,18H2,3-5H3,(H,32,36)/b21-8+. The minimum absolute atomic E-state index is 0.174. The van der Waals surface area contributed by atoms with Crippen molar-refractivity contribution in [2.45, 2.75) is 32.3 Å². The third-order valence-corrected chi connectivity index (χ3v) is 7.39. The van der Waals surface area contributed by atoms with Gasteiger partial charge in [-0.05, 0) is 43.5 Å². The van der Waals surface area contributed by atoms with Crippen LogP contribution in [0.2, 0.25) is 0 Å². The Labute approximate surface area is 232 Å². The van der Waals surface area contributed by atoms with Gasteiger partial charge in [-0.3, -0.25) is 9.59 Å². The number of hydrogen-bond donors (Lipinski definition) is 2. The minimum Gasteiger partial charge on any atom is -0.460 e. The van der Waals surface area contributed by atoms with E-state index in [2.05, 4.69) is 23.6 Å². The number of nitrogens with zero attached hydrogens (tertiary/aromatic N) is 3. The lowest BCUT2D eigenvalue weighted by molar-refractivity contribution is 0.0451. The molecule has 3 aromatic heterocycles. The molecular weight excluding hydrogens is 508 g/mol. The molecular formula is C31H32N4O5. The van der Waals surface area contributed by atoms with Gasteiger partial charge in [0.25, 0.3) is 11.8 Å². The second kappa shape index (κ2) is 10.5. The lowest BCUT2D eigenvalue weighted by Crippen LogP contribution is -2.36. The lowest BCUT2D eigenvalue weighted by Gasteiger charge is -2.24. The Balaban J connectivity index is 1.41. The van der Waals surface area contributed by atoms with E-state index in [4.69, 9.17) is 9.15 Å². The molecule has 0 saturated carbocycles. The van der Waals surface area contributed by atoms with Crippen molar-refractivity contribution in [3.05, 3.63) is 96.1 Å². The fourth-order valence-electron chi connectivity index (χ4n) is 5.39. The van der Waals surface area contributed by atoms with E-state index in [0.717, 1.165) is 11.1 Å². The van der Waals surface area contributed by atoms with Gasteiger partial charge >= 0.3 is 0 Å². The Bertz CT molecular complexity index is 1690. The number of aliphatic hydroxyl groups is 1. The van der Waals surface area contributed by atoms with Crippen molar-refractivity contribution in [1.82, 2.24) is 19.8 Å². The van der Waals surface area contributed by atoms with Crippen molar-refractivity contribution >= 4 is 28.3 Å². The van der Waals surface area contributed by atoms with Crippen LogP contribution < -0.4 is 10.1 Å². The summed E-state index contributed by atoms with van der Waals surface area (Å²) >= 11 is 0. The van der Waals surface area contributed by atoms with Crippen LogP contribution >= 0.6 is 0 Å². The maximum absolute atomic E-state index is 13.6. The van der Waals surface area contributed by atoms with E-state index in [1.807, 2.05) is 13.0 Å². The Morgan fingerprint density at radius 2 is 2.08 bits per heavy atom. The van der Waals surface area contributed by atoms with E-state index in [-0.39, 0.29) is 18.4 Å². The number of aromatic nitrogens is 2. The lowest BCUT2D eigenvalue weighted by atomic mass is 9.93. The summed E-state index contributed by atoms with van der Waals surface area (Å²) in [6.07, 6.45) is 9.35. The molecule has 1 aliphatic rings. The van der Waals surface area contributed by atoms with Gasteiger partial charge in [-0.15, -0.1) is 0 Å². The molecule has 40 heavy (non-hydrogen) atoms. The Morgan fingerprint density at radius 3 is 2.80 bits per heavy atom. The highest BCUT2D eigenvalue weighted by molar-refractivity contribution is 6.07. The molecule has 2 amide bonds. The first-order valence-corrected chi connectivity index (χ1v) is 13.0. The van der Waals surface area contributed by atoms with Gasteiger partial charge in [0, 0.05) is 43.7 Å². The summed E-state index contributed by atoms with van der Waals surface area (Å²) in [7, 11) is 1.58. The summed E-state index contributed by atoms with van der Waals surface area (Å²) in [4.78, 5) is 27.5. The van der Waals surface area contributed by atoms with E-state index in [0.29, 0.717) is 64.3 Å². The number of rotatable bonds is 8. The van der Waals surface area contributed by atoms with Crippen molar-refractivity contribution in [3.63, 3.8) is 0 Å². The van der Waals surface area contributed by atoms with Gasteiger partial charge in [0.2, 0.25) is 0 Å². The van der Waals surface area contributed by atoms with Crippen LogP contribution in [0, 0.1) is 13.8 Å². The van der Waals surface area contributed by atoms with Crippen molar-refractivity contribution < 1.29 is 23.8 Å². The van der Waals surface area contributed by atoms with Crippen LogP contribution in [0.25, 0.3) is 16.5 Å². The number of fused-ring (bicyclic) bond motifs is 2. The molecule has 1 atom stereocenters. The van der Waals surface area contributed by atoms with Crippen LogP contribution in [0.4, 0.5) is 0 Å². The smallest absolute Gasteiger partial charge is 0.255 e. The first-order chi connectivity index (χ1) is 19.2. The zero-order valence-corrected chi connectivity index (χ0v) is 22.9. The van der Waals surface area contributed by atoms with Crippen molar-refractivity contribution in [2.24, 2.45) is 0 Å². The number of benzene rings is 1. The predicted molar refractivity (Wildman–Crippen MR) is 153 cm³/mol. The number of aryl methyl sites for hydroxylation is 2. The van der Waals surface area contributed by atoms with Gasteiger partial charge in [0.05, 0.1) is 29.5 Å². The second-order valence-electron chi connectivity index (χ2n) is 10.1. The molecule has 0 spiro atoms. The van der Waals surface area contributed by atoms with Gasteiger partial charge in [-0.1, -0.05) is 31.4 Å². The van der Waals surface area contributed by atoms with Crippen molar-refractivity contribution in [1.29, 1.82) is 0 Å². The maximum atomic E-state index is 13.6. The molecule has 2 N–H and O–H groups in total. The average molecular weight is 541 g/mol. The molecule has 1 saturated heterocycles. The largest absolute Gasteiger partial charge is 0.460 e. The third kappa shape index (κ3) is 4.80. The molecule has 0 aliphatic carbocycles. The number of carbonyl (C=O) groups excluding carboxylic acids is 2. The van der Waals surface area contributed by atoms with Crippen LogP contribution in [0.15, 0.2) is 78.0 Å². The third-order valence-electron chi connectivity index (χ3n) is 7.39. The SMILES string of the molecule is C=C/C=C(\C=C)CC1(O)CCN(C(=O)c2cn3nccc(Oc4ccc5c(C(=O)NC)c(C)oc5c4)c3c2C)C1. The molecule has 1 unspecified atom stereocenters. The highest BCUT2D eigenvalue weighted by atomic mass is 16.5. The predicted octanol–water partition coefficient (Wildman–Crippen LogP) is 5.11. The molecule has 0 bridgehead atoms. The maximum Gasteiger partial charge on any atom is 0.255 e. The summed E-state index contributed by atoms with van der Waals surface area (Å²) < 4.78 is 13.7. The second-order valence-corrected chi connectivity index (χ2v) is 10.1. The Kier molecular flexibility index (Phi) is 7.08. The molecule has 9 nitrogen and oxygen atoms in total. The number of hydrogen-bond acceptors (Lipinski definition) is 6. The quantitative estimate of drug-likeness (QED) is 0.301. The first kappa shape index (κ1) is 27.0. The van der Waals surface area contributed by atoms with E-state index in [1.165, 1.54) is 0 Å². The zero-order chi connectivity index (χ0) is 28.6. The fourth-order valence-corrected chi connectivity index (χ4v) is 5.39. The normalized spacial score (nSPS) is 17.4. The van der Waals surface area contributed by atoms with Crippen molar-refractivity contribution in [3.8, 4) is 11.5 Å². The van der Waals surface area contributed by atoms with Crippen LogP contribution in [-0.2, 0) is 0 Å². The van der Waals surface area contributed by atoms with Crippen LogP contribution in [0.3, 0.4) is 0 Å². The topological polar surface area (TPSA) is 109 Å². The number of amides is 2. The fraction of sp³-hybridized carbons (Fsp3) is 0.258. The molecule has 1 fully saturated rings. The van der Waals surface area contributed by atoms with E-state index in [9.17, 15) is 14.7 Å². The molecule has 0 radical (unpaired) electrons. The minimum atomic E-state index is -1.03. The highest BCUT2D eigenvalue weighted by Gasteiger charge is 2.39. The molecule has 1 aliphatic heterocycles. The summed E-state index contributed by atoms with van der Waals surface area (Å²) in [5, 5.41) is 18.9. The number of furan rings is 1. The number of likely N-dealkylation sites (tertiary alicyclic amines) is 1. The summed E-state index contributed by atoms with van der Waals surface area (Å²) in [6, 6.07) is 7.04. The van der Waals surface area contributed by atoms with E-state index < -0.39 is 5.60 Å². The van der Waals surface area contributed by atoms with Gasteiger partial charge in [0.1, 0.15) is 22.6 Å². The van der Waals surface area contributed by atoms with Crippen LogP contribution in [-0.4, -0.2) is 57.2 Å². The number of allylic oxidation sites excluding steroid dienone is 3. The summed E-state index contributed by atoms with van der Waals surface area (Å²) in [6.45, 7) is 11.8. The molecule has 5 rings (SSSR count). The molecule has 1 aromatic carbocycles. The number of ether oxygens (including phenoxy) is 1. The Hall–Kier alpha value is -4.63. The van der Waals surface area contributed by atoms with E-state index in [1.54, 1.807) is 72.2 Å². The molecule has 206 valence electrons.